The molecule has 0 unspecified atom stereocenters. The molecular formula is C22H21FO4S. The van der Waals surface area contributed by atoms with Gasteiger partial charge in [0.25, 0.3) is 0 Å². The van der Waals surface area contributed by atoms with Gasteiger partial charge in [-0.05, 0) is 24.1 Å². The molecule has 0 amide bonds. The zero-order valence-corrected chi connectivity index (χ0v) is 16.6. The molecule has 0 spiro atoms. The molecule has 0 saturated carbocycles. The molecule has 0 bridgehead atoms. The van der Waals surface area contributed by atoms with Gasteiger partial charge in [-0.1, -0.05) is 43.7 Å². The van der Waals surface area contributed by atoms with E-state index in [4.69, 9.17) is 9.47 Å². The van der Waals surface area contributed by atoms with E-state index in [-0.39, 0.29) is 23.9 Å². The molecule has 0 saturated heterocycles. The van der Waals surface area contributed by atoms with E-state index in [1.165, 1.54) is 13.2 Å². The fourth-order valence-corrected chi connectivity index (χ4v) is 4.16. The molecule has 1 heterocycles. The Labute approximate surface area is 166 Å². The number of rotatable bonds is 8. The minimum absolute atomic E-state index is 0.0816. The van der Waals surface area contributed by atoms with Gasteiger partial charge in [-0.2, -0.15) is 0 Å². The summed E-state index contributed by atoms with van der Waals surface area (Å²) in [6, 6.07) is 12.0. The molecule has 4 nitrogen and oxygen atoms in total. The molecule has 0 aliphatic heterocycles. The number of esters is 1. The highest BCUT2D eigenvalue weighted by Gasteiger charge is 2.22. The topological polar surface area (TPSA) is 52.6 Å². The van der Waals surface area contributed by atoms with Gasteiger partial charge in [0.2, 0.25) is 0 Å². The van der Waals surface area contributed by atoms with Gasteiger partial charge in [-0.3, -0.25) is 4.79 Å². The highest BCUT2D eigenvalue weighted by molar-refractivity contribution is 7.21. The van der Waals surface area contributed by atoms with E-state index >= 15 is 0 Å². The highest BCUT2D eigenvalue weighted by Crippen LogP contribution is 2.34. The SMILES string of the molecule is CCCc1ccc(C(=O)COC(=O)c2sc3cccc(F)c3c2COC)cc1. The van der Waals surface area contributed by atoms with Crippen LogP contribution < -0.4 is 0 Å². The van der Waals surface area contributed by atoms with Crippen molar-refractivity contribution >= 4 is 33.2 Å². The monoisotopic (exact) mass is 400 g/mol. The smallest absolute Gasteiger partial charge is 0.349 e. The molecule has 28 heavy (non-hydrogen) atoms. The Morgan fingerprint density at radius 1 is 1.11 bits per heavy atom. The Kier molecular flexibility index (Phi) is 6.54. The lowest BCUT2D eigenvalue weighted by Gasteiger charge is -2.06. The van der Waals surface area contributed by atoms with Gasteiger partial charge in [0.15, 0.2) is 12.4 Å². The van der Waals surface area contributed by atoms with E-state index in [1.54, 1.807) is 24.3 Å². The Bertz CT molecular complexity index is 992. The van der Waals surface area contributed by atoms with Gasteiger partial charge >= 0.3 is 5.97 Å². The first-order chi connectivity index (χ1) is 13.5. The third-order valence-corrected chi connectivity index (χ3v) is 5.56. The van der Waals surface area contributed by atoms with Crippen molar-refractivity contribution in [2.75, 3.05) is 13.7 Å². The number of carbonyl (C=O) groups is 2. The molecule has 0 N–H and O–H groups in total. The quantitative estimate of drug-likeness (QED) is 0.386. The van der Waals surface area contributed by atoms with Crippen LogP contribution in [0.3, 0.4) is 0 Å². The average Bonchev–Trinajstić information content (AvgIpc) is 3.07. The first kappa shape index (κ1) is 20.2. The second-order valence-electron chi connectivity index (χ2n) is 6.40. The van der Waals surface area contributed by atoms with Gasteiger partial charge in [-0.15, -0.1) is 11.3 Å². The van der Waals surface area contributed by atoms with Crippen molar-refractivity contribution in [2.45, 2.75) is 26.4 Å². The summed E-state index contributed by atoms with van der Waals surface area (Å²) in [4.78, 5) is 25.1. The van der Waals surface area contributed by atoms with Crippen molar-refractivity contribution in [1.29, 1.82) is 0 Å². The lowest BCUT2D eigenvalue weighted by atomic mass is 10.1. The molecule has 3 rings (SSSR count). The molecule has 2 aromatic carbocycles. The molecule has 0 atom stereocenters. The van der Waals surface area contributed by atoms with Crippen LogP contribution in [-0.2, 0) is 22.5 Å². The summed E-state index contributed by atoms with van der Waals surface area (Å²) in [5.74, 6) is -1.34. The van der Waals surface area contributed by atoms with Crippen molar-refractivity contribution in [3.05, 3.63) is 69.8 Å². The van der Waals surface area contributed by atoms with Crippen LogP contribution >= 0.6 is 11.3 Å². The molecule has 6 heteroatoms. The van der Waals surface area contributed by atoms with Crippen LogP contribution in [0.2, 0.25) is 0 Å². The Morgan fingerprint density at radius 2 is 1.86 bits per heavy atom. The number of hydrogen-bond acceptors (Lipinski definition) is 5. The van der Waals surface area contributed by atoms with E-state index in [2.05, 4.69) is 6.92 Å². The van der Waals surface area contributed by atoms with Crippen molar-refractivity contribution in [3.63, 3.8) is 0 Å². The number of thiophene rings is 1. The van der Waals surface area contributed by atoms with E-state index in [1.807, 2.05) is 12.1 Å². The predicted molar refractivity (Wildman–Crippen MR) is 108 cm³/mol. The van der Waals surface area contributed by atoms with Crippen LogP contribution in [0.5, 0.6) is 0 Å². The number of fused-ring (bicyclic) bond motifs is 1. The summed E-state index contributed by atoms with van der Waals surface area (Å²) in [7, 11) is 1.48. The minimum Gasteiger partial charge on any atom is -0.453 e. The third kappa shape index (κ3) is 4.29. The van der Waals surface area contributed by atoms with Crippen molar-refractivity contribution in [2.24, 2.45) is 0 Å². The molecule has 0 aliphatic rings. The number of ether oxygens (including phenoxy) is 2. The second kappa shape index (κ2) is 9.08. The number of carbonyl (C=O) groups excluding carboxylic acids is 2. The second-order valence-corrected chi connectivity index (χ2v) is 7.45. The van der Waals surface area contributed by atoms with E-state index in [9.17, 15) is 14.0 Å². The van der Waals surface area contributed by atoms with Gasteiger partial charge in [0.05, 0.1) is 6.61 Å². The Morgan fingerprint density at radius 3 is 2.54 bits per heavy atom. The van der Waals surface area contributed by atoms with Crippen LogP contribution in [0.1, 0.15) is 44.5 Å². The summed E-state index contributed by atoms with van der Waals surface area (Å²) in [6.45, 7) is 1.81. The molecule has 0 fully saturated rings. The first-order valence-corrected chi connectivity index (χ1v) is 9.84. The van der Waals surface area contributed by atoms with E-state index < -0.39 is 11.8 Å². The number of aryl methyl sites for hydroxylation is 1. The summed E-state index contributed by atoms with van der Waals surface area (Å²) >= 11 is 1.14. The number of Topliss-reactive ketones (excluding diaryl/α,β-unsaturated/α-hetero) is 1. The number of methoxy groups -OCH3 is 1. The summed E-state index contributed by atoms with van der Waals surface area (Å²) in [6.07, 6.45) is 1.98. The largest absolute Gasteiger partial charge is 0.453 e. The number of halogens is 1. The van der Waals surface area contributed by atoms with Gasteiger partial charge in [0.1, 0.15) is 10.7 Å². The summed E-state index contributed by atoms with van der Waals surface area (Å²) < 4.78 is 25.2. The van der Waals surface area contributed by atoms with Crippen LogP contribution in [-0.4, -0.2) is 25.5 Å². The summed E-state index contributed by atoms with van der Waals surface area (Å²) in [5, 5.41) is 0.360. The molecule has 1 aromatic heterocycles. The number of ketones is 1. The zero-order valence-electron chi connectivity index (χ0n) is 15.8. The van der Waals surface area contributed by atoms with Gasteiger partial charge in [-0.25, -0.2) is 9.18 Å². The predicted octanol–water partition coefficient (Wildman–Crippen LogP) is 5.18. The average molecular weight is 400 g/mol. The van der Waals surface area contributed by atoms with E-state index in [0.717, 1.165) is 29.7 Å². The number of hydrogen-bond donors (Lipinski definition) is 0. The van der Waals surface area contributed by atoms with Crippen LogP contribution in [0, 0.1) is 5.82 Å². The van der Waals surface area contributed by atoms with Crippen molar-refractivity contribution in [1.82, 2.24) is 0 Å². The van der Waals surface area contributed by atoms with Crippen LogP contribution in [0.4, 0.5) is 4.39 Å². The first-order valence-electron chi connectivity index (χ1n) is 9.03. The molecule has 3 aromatic rings. The minimum atomic E-state index is -0.649. The third-order valence-electron chi connectivity index (χ3n) is 4.39. The van der Waals surface area contributed by atoms with Crippen molar-refractivity contribution < 1.29 is 23.5 Å². The molecule has 0 radical (unpaired) electrons. The lowest BCUT2D eigenvalue weighted by Crippen LogP contribution is -2.14. The molecular weight excluding hydrogens is 379 g/mol. The maximum atomic E-state index is 14.2. The fraction of sp³-hybridized carbons (Fsp3) is 0.273. The van der Waals surface area contributed by atoms with Crippen LogP contribution in [0.25, 0.3) is 10.1 Å². The Balaban J connectivity index is 1.75. The fourth-order valence-electron chi connectivity index (χ4n) is 3.04. The maximum absolute atomic E-state index is 14.2. The van der Waals surface area contributed by atoms with Gasteiger partial charge in [0, 0.05) is 28.3 Å². The zero-order chi connectivity index (χ0) is 20.1. The maximum Gasteiger partial charge on any atom is 0.349 e. The summed E-state index contributed by atoms with van der Waals surface area (Å²) in [5.41, 5.74) is 2.10. The van der Waals surface area contributed by atoms with Crippen molar-refractivity contribution in [3.8, 4) is 0 Å². The van der Waals surface area contributed by atoms with Crippen LogP contribution in [0.15, 0.2) is 42.5 Å². The Hall–Kier alpha value is -2.57. The molecule has 146 valence electrons. The normalized spacial score (nSPS) is 11.0. The standard InChI is InChI=1S/C22H21FO4S/c1-3-5-14-8-10-15(11-9-14)18(24)13-27-22(25)21-16(12-26-2)20-17(23)6-4-7-19(20)28-21/h4,6-11H,3,5,12-13H2,1-2H3. The lowest BCUT2D eigenvalue weighted by molar-refractivity contribution is 0.0476. The highest BCUT2D eigenvalue weighted by atomic mass is 32.1. The number of benzene rings is 2. The molecule has 0 aliphatic carbocycles. The van der Waals surface area contributed by atoms with E-state index in [0.29, 0.717) is 21.2 Å². The van der Waals surface area contributed by atoms with Gasteiger partial charge < -0.3 is 9.47 Å².